The number of piperidine rings is 1. The molecule has 7 heteroatoms. The second-order valence-corrected chi connectivity index (χ2v) is 8.09. The van der Waals surface area contributed by atoms with Gasteiger partial charge in [-0.2, -0.15) is 0 Å². The van der Waals surface area contributed by atoms with Crippen molar-refractivity contribution in [2.24, 2.45) is 4.99 Å². The van der Waals surface area contributed by atoms with Crippen LogP contribution in [0.4, 0.5) is 10.1 Å². The molecule has 1 aromatic heterocycles. The van der Waals surface area contributed by atoms with Gasteiger partial charge in [-0.15, -0.1) is 0 Å². The second kappa shape index (κ2) is 10.3. The van der Waals surface area contributed by atoms with Gasteiger partial charge in [0.25, 0.3) is 0 Å². The fourth-order valence-electron chi connectivity index (χ4n) is 3.84. The van der Waals surface area contributed by atoms with E-state index in [0.29, 0.717) is 18.5 Å². The quantitative estimate of drug-likeness (QED) is 0.440. The highest BCUT2D eigenvalue weighted by Gasteiger charge is 2.20. The number of benzene rings is 2. The van der Waals surface area contributed by atoms with E-state index in [1.54, 1.807) is 18.4 Å². The van der Waals surface area contributed by atoms with Crippen LogP contribution >= 0.6 is 0 Å². The Morgan fingerprint density at radius 3 is 2.69 bits per heavy atom. The molecule has 4 rings (SSSR count). The van der Waals surface area contributed by atoms with Crippen LogP contribution in [0.5, 0.6) is 0 Å². The zero-order chi connectivity index (χ0) is 22.3. The van der Waals surface area contributed by atoms with Crippen LogP contribution in [0.3, 0.4) is 0 Å². The van der Waals surface area contributed by atoms with E-state index >= 15 is 0 Å². The molecule has 2 heterocycles. The molecule has 1 aliphatic rings. The zero-order valence-corrected chi connectivity index (χ0v) is 18.6. The molecular weight excluding hydrogens is 405 g/mol. The number of oxazole rings is 1. The van der Waals surface area contributed by atoms with Crippen molar-refractivity contribution in [2.75, 3.05) is 24.5 Å². The number of hydrogen-bond donors (Lipinski definition) is 2. The van der Waals surface area contributed by atoms with Crippen LogP contribution in [0.15, 0.2) is 64.2 Å². The topological polar surface area (TPSA) is 65.7 Å². The van der Waals surface area contributed by atoms with Crippen molar-refractivity contribution < 1.29 is 8.81 Å². The van der Waals surface area contributed by atoms with E-state index in [-0.39, 0.29) is 5.82 Å². The SMILES string of the molecule is CCNC(=NCc1coc(-c2ccc(C)cc2)n1)NC1CCN(c2cccc(F)c2)CC1. The summed E-state index contributed by atoms with van der Waals surface area (Å²) < 4.78 is 19.2. The molecule has 1 saturated heterocycles. The first-order chi connectivity index (χ1) is 15.6. The van der Waals surface area contributed by atoms with Crippen molar-refractivity contribution in [3.63, 3.8) is 0 Å². The molecule has 3 aromatic rings. The van der Waals surface area contributed by atoms with Gasteiger partial charge < -0.3 is 20.0 Å². The molecule has 32 heavy (non-hydrogen) atoms. The average Bonchev–Trinajstić information content (AvgIpc) is 3.28. The summed E-state index contributed by atoms with van der Waals surface area (Å²) in [6.45, 7) is 7.08. The van der Waals surface area contributed by atoms with E-state index in [1.807, 2.05) is 30.3 Å². The molecule has 2 aromatic carbocycles. The first-order valence-electron chi connectivity index (χ1n) is 11.2. The largest absolute Gasteiger partial charge is 0.444 e. The Kier molecular flexibility index (Phi) is 7.04. The molecule has 0 atom stereocenters. The fourth-order valence-corrected chi connectivity index (χ4v) is 3.84. The van der Waals surface area contributed by atoms with E-state index < -0.39 is 0 Å². The highest BCUT2D eigenvalue weighted by atomic mass is 19.1. The summed E-state index contributed by atoms with van der Waals surface area (Å²) in [5.74, 6) is 1.19. The number of hydrogen-bond acceptors (Lipinski definition) is 4. The maximum atomic E-state index is 13.5. The minimum Gasteiger partial charge on any atom is -0.444 e. The summed E-state index contributed by atoms with van der Waals surface area (Å²) in [7, 11) is 0. The molecular formula is C25H30FN5O. The number of nitrogens with zero attached hydrogens (tertiary/aromatic N) is 3. The van der Waals surface area contributed by atoms with E-state index in [0.717, 1.165) is 55.4 Å². The molecule has 0 saturated carbocycles. The highest BCUT2D eigenvalue weighted by molar-refractivity contribution is 5.80. The number of aromatic nitrogens is 1. The van der Waals surface area contributed by atoms with Gasteiger partial charge in [0.1, 0.15) is 17.8 Å². The molecule has 0 amide bonds. The van der Waals surface area contributed by atoms with Crippen molar-refractivity contribution in [3.8, 4) is 11.5 Å². The van der Waals surface area contributed by atoms with Gasteiger partial charge in [-0.05, 0) is 57.0 Å². The van der Waals surface area contributed by atoms with Gasteiger partial charge in [0, 0.05) is 36.9 Å². The molecule has 0 bridgehead atoms. The number of aryl methyl sites for hydroxylation is 1. The second-order valence-electron chi connectivity index (χ2n) is 8.09. The average molecular weight is 436 g/mol. The van der Waals surface area contributed by atoms with Crippen molar-refractivity contribution >= 4 is 11.6 Å². The normalized spacial score (nSPS) is 15.1. The Hall–Kier alpha value is -3.35. The lowest BCUT2D eigenvalue weighted by Gasteiger charge is -2.34. The number of halogens is 1. The molecule has 2 N–H and O–H groups in total. The Balaban J connectivity index is 1.33. The van der Waals surface area contributed by atoms with Gasteiger partial charge in [-0.25, -0.2) is 14.4 Å². The molecule has 1 fully saturated rings. The molecule has 168 valence electrons. The Bertz CT molecular complexity index is 1040. The van der Waals surface area contributed by atoms with Crippen molar-refractivity contribution in [1.29, 1.82) is 0 Å². The predicted molar refractivity (Wildman–Crippen MR) is 126 cm³/mol. The molecule has 0 spiro atoms. The Morgan fingerprint density at radius 2 is 1.97 bits per heavy atom. The summed E-state index contributed by atoms with van der Waals surface area (Å²) in [4.78, 5) is 11.5. The molecule has 0 unspecified atom stereocenters. The third kappa shape index (κ3) is 5.66. The van der Waals surface area contributed by atoms with Crippen LogP contribution in [0.1, 0.15) is 31.0 Å². The van der Waals surface area contributed by atoms with Crippen LogP contribution in [0, 0.1) is 12.7 Å². The minimum absolute atomic E-state index is 0.192. The molecule has 1 aliphatic heterocycles. The summed E-state index contributed by atoms with van der Waals surface area (Å²) in [6, 6.07) is 15.2. The van der Waals surface area contributed by atoms with Gasteiger partial charge in [0.15, 0.2) is 5.96 Å². The van der Waals surface area contributed by atoms with Gasteiger partial charge in [0.05, 0.1) is 6.54 Å². The number of aliphatic imine (C=N–C) groups is 1. The maximum absolute atomic E-state index is 13.5. The third-order valence-corrected chi connectivity index (χ3v) is 5.60. The van der Waals surface area contributed by atoms with Gasteiger partial charge in [-0.1, -0.05) is 23.8 Å². The highest BCUT2D eigenvalue weighted by Crippen LogP contribution is 2.21. The Morgan fingerprint density at radius 1 is 1.19 bits per heavy atom. The standard InChI is InChI=1S/C25H30FN5O/c1-3-27-25(28-16-22-17-32-24(29-22)19-9-7-18(2)8-10-19)30-21-11-13-31(14-12-21)23-6-4-5-20(26)15-23/h4-10,15,17,21H,3,11-14,16H2,1-2H3,(H2,27,28,30). The van der Waals surface area contributed by atoms with Crippen LogP contribution in [-0.4, -0.2) is 36.6 Å². The van der Waals surface area contributed by atoms with Crippen LogP contribution in [-0.2, 0) is 6.54 Å². The predicted octanol–water partition coefficient (Wildman–Crippen LogP) is 4.51. The van der Waals surface area contributed by atoms with E-state index in [4.69, 9.17) is 9.41 Å². The van der Waals surface area contributed by atoms with Gasteiger partial charge in [0.2, 0.25) is 5.89 Å². The number of nitrogens with one attached hydrogen (secondary N) is 2. The summed E-state index contributed by atoms with van der Waals surface area (Å²) >= 11 is 0. The van der Waals surface area contributed by atoms with Crippen LogP contribution in [0.25, 0.3) is 11.5 Å². The number of anilines is 1. The van der Waals surface area contributed by atoms with Crippen LogP contribution < -0.4 is 15.5 Å². The first-order valence-corrected chi connectivity index (χ1v) is 11.2. The molecule has 0 radical (unpaired) electrons. The van der Waals surface area contributed by atoms with E-state index in [2.05, 4.69) is 34.4 Å². The monoisotopic (exact) mass is 435 g/mol. The number of rotatable bonds is 6. The first kappa shape index (κ1) is 21.9. The lowest BCUT2D eigenvalue weighted by Crippen LogP contribution is -2.48. The third-order valence-electron chi connectivity index (χ3n) is 5.60. The molecule has 0 aliphatic carbocycles. The smallest absolute Gasteiger partial charge is 0.226 e. The van der Waals surface area contributed by atoms with Crippen molar-refractivity contribution in [3.05, 3.63) is 71.9 Å². The summed E-state index contributed by atoms with van der Waals surface area (Å²) in [5.41, 5.74) is 3.90. The van der Waals surface area contributed by atoms with Crippen LogP contribution in [0.2, 0.25) is 0 Å². The van der Waals surface area contributed by atoms with Gasteiger partial charge >= 0.3 is 0 Å². The van der Waals surface area contributed by atoms with Crippen molar-refractivity contribution in [2.45, 2.75) is 39.3 Å². The maximum Gasteiger partial charge on any atom is 0.226 e. The van der Waals surface area contributed by atoms with E-state index in [1.165, 1.54) is 11.6 Å². The van der Waals surface area contributed by atoms with Crippen molar-refractivity contribution in [1.82, 2.24) is 15.6 Å². The van der Waals surface area contributed by atoms with Gasteiger partial charge in [-0.3, -0.25) is 0 Å². The number of guanidine groups is 1. The lowest BCUT2D eigenvalue weighted by molar-refractivity contribution is 0.461. The Labute approximate surface area is 188 Å². The van der Waals surface area contributed by atoms with E-state index in [9.17, 15) is 4.39 Å². The summed E-state index contributed by atoms with van der Waals surface area (Å²) in [6.07, 6.45) is 3.59. The molecule has 6 nitrogen and oxygen atoms in total. The minimum atomic E-state index is -0.192. The summed E-state index contributed by atoms with van der Waals surface area (Å²) in [5, 5.41) is 6.85. The zero-order valence-electron chi connectivity index (χ0n) is 18.6. The fraction of sp³-hybridized carbons (Fsp3) is 0.360. The lowest BCUT2D eigenvalue weighted by atomic mass is 10.0.